The SMILES string of the molecule is COc1cc(OC)c(F)c(-c2ccc(C=N)c(N)c2)c1. The molecule has 4 nitrogen and oxygen atoms in total. The van der Waals surface area contributed by atoms with Crippen LogP contribution in [0.15, 0.2) is 30.3 Å². The van der Waals surface area contributed by atoms with Crippen LogP contribution in [-0.2, 0) is 0 Å². The molecule has 0 amide bonds. The number of nitrogen functional groups attached to an aromatic ring is 1. The van der Waals surface area contributed by atoms with Crippen LogP contribution < -0.4 is 15.2 Å². The molecule has 104 valence electrons. The number of hydrogen-bond acceptors (Lipinski definition) is 4. The van der Waals surface area contributed by atoms with Gasteiger partial charge in [-0.2, -0.15) is 0 Å². The summed E-state index contributed by atoms with van der Waals surface area (Å²) >= 11 is 0. The van der Waals surface area contributed by atoms with Crippen molar-refractivity contribution >= 4 is 11.9 Å². The first-order chi connectivity index (χ1) is 9.60. The van der Waals surface area contributed by atoms with E-state index in [0.717, 1.165) is 6.21 Å². The summed E-state index contributed by atoms with van der Waals surface area (Å²) in [5.41, 5.74) is 7.76. The van der Waals surface area contributed by atoms with Crippen LogP contribution in [-0.4, -0.2) is 20.4 Å². The molecule has 0 aliphatic carbocycles. The van der Waals surface area contributed by atoms with Gasteiger partial charge in [0.05, 0.1) is 14.2 Å². The van der Waals surface area contributed by atoms with Gasteiger partial charge in [-0.15, -0.1) is 0 Å². The lowest BCUT2D eigenvalue weighted by molar-refractivity contribution is 0.375. The van der Waals surface area contributed by atoms with Gasteiger partial charge in [0, 0.05) is 29.1 Å². The number of nitrogens with two attached hydrogens (primary N) is 1. The van der Waals surface area contributed by atoms with Crippen LogP contribution in [0.2, 0.25) is 0 Å². The van der Waals surface area contributed by atoms with E-state index in [1.54, 1.807) is 24.3 Å². The van der Waals surface area contributed by atoms with E-state index in [1.807, 2.05) is 0 Å². The van der Waals surface area contributed by atoms with E-state index in [4.69, 9.17) is 20.6 Å². The van der Waals surface area contributed by atoms with E-state index in [2.05, 4.69) is 0 Å². The largest absolute Gasteiger partial charge is 0.497 e. The van der Waals surface area contributed by atoms with Crippen molar-refractivity contribution in [1.29, 1.82) is 5.41 Å². The quantitative estimate of drug-likeness (QED) is 0.665. The summed E-state index contributed by atoms with van der Waals surface area (Å²) in [7, 11) is 2.90. The highest BCUT2D eigenvalue weighted by Gasteiger charge is 2.14. The van der Waals surface area contributed by atoms with Crippen LogP contribution in [0.25, 0.3) is 11.1 Å². The lowest BCUT2D eigenvalue weighted by Gasteiger charge is -2.12. The van der Waals surface area contributed by atoms with Gasteiger partial charge in [-0.05, 0) is 17.7 Å². The summed E-state index contributed by atoms with van der Waals surface area (Å²) in [4.78, 5) is 0. The van der Waals surface area contributed by atoms with E-state index in [9.17, 15) is 4.39 Å². The second kappa shape index (κ2) is 5.61. The van der Waals surface area contributed by atoms with Crippen molar-refractivity contribution in [2.45, 2.75) is 0 Å². The van der Waals surface area contributed by atoms with Crippen molar-refractivity contribution in [1.82, 2.24) is 0 Å². The highest BCUT2D eigenvalue weighted by Crippen LogP contribution is 2.34. The lowest BCUT2D eigenvalue weighted by Crippen LogP contribution is -1.97. The Balaban J connectivity index is 2.62. The summed E-state index contributed by atoms with van der Waals surface area (Å²) in [6, 6.07) is 8.06. The molecule has 5 heteroatoms. The van der Waals surface area contributed by atoms with Crippen molar-refractivity contribution < 1.29 is 13.9 Å². The predicted molar refractivity (Wildman–Crippen MR) is 77.2 cm³/mol. The maximum absolute atomic E-state index is 14.3. The van der Waals surface area contributed by atoms with E-state index in [0.29, 0.717) is 28.1 Å². The summed E-state index contributed by atoms with van der Waals surface area (Å²) in [5, 5.41) is 7.21. The minimum absolute atomic E-state index is 0.106. The van der Waals surface area contributed by atoms with Crippen molar-refractivity contribution in [3.05, 3.63) is 41.7 Å². The molecule has 0 aliphatic heterocycles. The Morgan fingerprint density at radius 1 is 1.15 bits per heavy atom. The van der Waals surface area contributed by atoms with Gasteiger partial charge in [0.25, 0.3) is 0 Å². The smallest absolute Gasteiger partial charge is 0.173 e. The average molecular weight is 274 g/mol. The zero-order valence-corrected chi connectivity index (χ0v) is 11.2. The van der Waals surface area contributed by atoms with Crippen LogP contribution >= 0.6 is 0 Å². The molecule has 0 saturated heterocycles. The Morgan fingerprint density at radius 3 is 2.45 bits per heavy atom. The van der Waals surface area contributed by atoms with Crippen LogP contribution in [0.4, 0.5) is 10.1 Å². The second-order valence-electron chi connectivity index (χ2n) is 4.18. The molecule has 0 fully saturated rings. The third-order valence-corrected chi connectivity index (χ3v) is 3.02. The molecular weight excluding hydrogens is 259 g/mol. The first kappa shape index (κ1) is 13.9. The molecule has 0 aromatic heterocycles. The van der Waals surface area contributed by atoms with E-state index >= 15 is 0 Å². The molecule has 0 bridgehead atoms. The molecule has 0 saturated carbocycles. The van der Waals surface area contributed by atoms with Crippen molar-refractivity contribution in [2.24, 2.45) is 0 Å². The Morgan fingerprint density at radius 2 is 1.90 bits per heavy atom. The number of halogens is 1. The molecule has 3 N–H and O–H groups in total. The van der Waals surface area contributed by atoms with Gasteiger partial charge in [-0.3, -0.25) is 0 Å². The summed E-state index contributed by atoms with van der Waals surface area (Å²) in [6.07, 6.45) is 1.15. The zero-order valence-electron chi connectivity index (χ0n) is 11.2. The number of nitrogens with one attached hydrogen (secondary N) is 1. The number of hydrogen-bond donors (Lipinski definition) is 2. The fraction of sp³-hybridized carbons (Fsp3) is 0.133. The number of methoxy groups -OCH3 is 2. The summed E-state index contributed by atoms with van der Waals surface area (Å²) in [6.45, 7) is 0. The molecule has 2 aromatic carbocycles. The normalized spacial score (nSPS) is 10.2. The van der Waals surface area contributed by atoms with Gasteiger partial charge in [-0.1, -0.05) is 12.1 Å². The second-order valence-corrected chi connectivity index (χ2v) is 4.18. The lowest BCUT2D eigenvalue weighted by atomic mass is 10.0. The minimum Gasteiger partial charge on any atom is -0.497 e. The first-order valence-corrected chi connectivity index (χ1v) is 5.92. The van der Waals surface area contributed by atoms with Crippen LogP contribution in [0.3, 0.4) is 0 Å². The van der Waals surface area contributed by atoms with Gasteiger partial charge in [0.15, 0.2) is 11.6 Å². The van der Waals surface area contributed by atoms with E-state index in [-0.39, 0.29) is 5.75 Å². The van der Waals surface area contributed by atoms with Gasteiger partial charge >= 0.3 is 0 Å². The van der Waals surface area contributed by atoms with Crippen LogP contribution in [0, 0.1) is 11.2 Å². The summed E-state index contributed by atoms with van der Waals surface area (Å²) in [5.74, 6) is 0.123. The maximum Gasteiger partial charge on any atom is 0.173 e. The predicted octanol–water partition coefficient (Wildman–Crippen LogP) is 3.09. The van der Waals surface area contributed by atoms with Crippen LogP contribution in [0.5, 0.6) is 11.5 Å². The molecule has 2 rings (SSSR count). The van der Waals surface area contributed by atoms with Crippen molar-refractivity contribution in [3.8, 4) is 22.6 Å². The fourth-order valence-electron chi connectivity index (χ4n) is 1.92. The Bertz CT molecular complexity index is 657. The molecule has 20 heavy (non-hydrogen) atoms. The molecule has 0 atom stereocenters. The molecular formula is C15H15FN2O2. The van der Waals surface area contributed by atoms with E-state index in [1.165, 1.54) is 20.3 Å². The van der Waals surface area contributed by atoms with Gasteiger partial charge < -0.3 is 20.6 Å². The zero-order chi connectivity index (χ0) is 14.7. The molecule has 0 heterocycles. The first-order valence-electron chi connectivity index (χ1n) is 5.92. The Labute approximate surface area is 116 Å². The monoisotopic (exact) mass is 274 g/mol. The summed E-state index contributed by atoms with van der Waals surface area (Å²) < 4.78 is 24.5. The van der Waals surface area contributed by atoms with Crippen molar-refractivity contribution in [2.75, 3.05) is 20.0 Å². The Hall–Kier alpha value is -2.56. The standard InChI is InChI=1S/C15H15FN2O2/c1-19-11-6-12(15(16)14(7-11)20-2)9-3-4-10(8-17)13(18)5-9/h3-8,17H,18H2,1-2H3. The number of benzene rings is 2. The molecule has 0 unspecified atom stereocenters. The van der Waals surface area contributed by atoms with Crippen LogP contribution in [0.1, 0.15) is 5.56 Å². The topological polar surface area (TPSA) is 68.3 Å². The van der Waals surface area contributed by atoms with Gasteiger partial charge in [0.2, 0.25) is 0 Å². The highest BCUT2D eigenvalue weighted by atomic mass is 19.1. The molecule has 0 spiro atoms. The third kappa shape index (κ3) is 2.42. The maximum atomic E-state index is 14.3. The average Bonchev–Trinajstić information content (AvgIpc) is 2.47. The highest BCUT2D eigenvalue weighted by molar-refractivity contribution is 5.87. The van der Waals surface area contributed by atoms with Gasteiger partial charge in [-0.25, -0.2) is 4.39 Å². The van der Waals surface area contributed by atoms with Gasteiger partial charge in [0.1, 0.15) is 5.75 Å². The number of rotatable bonds is 4. The minimum atomic E-state index is -0.477. The number of anilines is 1. The van der Waals surface area contributed by atoms with Crippen molar-refractivity contribution in [3.63, 3.8) is 0 Å². The molecule has 0 radical (unpaired) electrons. The number of ether oxygens (including phenoxy) is 2. The fourth-order valence-corrected chi connectivity index (χ4v) is 1.92. The molecule has 2 aromatic rings. The molecule has 0 aliphatic rings. The Kier molecular flexibility index (Phi) is 3.89. The van der Waals surface area contributed by atoms with E-state index < -0.39 is 5.82 Å². The third-order valence-electron chi connectivity index (χ3n) is 3.02.